The molecular formula is C14H15F3N6O2. The maximum Gasteiger partial charge on any atom is 0.408 e. The van der Waals surface area contributed by atoms with E-state index >= 15 is 0 Å². The maximum absolute atomic E-state index is 12.1. The van der Waals surface area contributed by atoms with E-state index in [-0.39, 0.29) is 12.4 Å². The standard InChI is InChI=1S/C14H15F3N6O2/c1-9(12-18-5-2-6-19-12)25-13(24)20-7-10-3-4-11(23-22-10)21-8-14(15,16)17/h2-6,9H,7-8H2,1H3,(H,20,24)(H,21,23). The van der Waals surface area contributed by atoms with Crippen LogP contribution in [-0.4, -0.2) is 39.0 Å². The summed E-state index contributed by atoms with van der Waals surface area (Å²) in [4.78, 5) is 19.6. The summed E-state index contributed by atoms with van der Waals surface area (Å²) in [7, 11) is 0. The van der Waals surface area contributed by atoms with E-state index in [2.05, 4.69) is 30.8 Å². The lowest BCUT2D eigenvalue weighted by Gasteiger charge is -2.12. The van der Waals surface area contributed by atoms with Gasteiger partial charge in [0.15, 0.2) is 11.9 Å². The van der Waals surface area contributed by atoms with Gasteiger partial charge in [0.2, 0.25) is 0 Å². The molecule has 2 aromatic rings. The van der Waals surface area contributed by atoms with Crippen molar-refractivity contribution in [1.82, 2.24) is 25.5 Å². The van der Waals surface area contributed by atoms with Gasteiger partial charge in [-0.1, -0.05) is 0 Å². The second kappa shape index (κ2) is 8.22. The molecule has 8 nitrogen and oxygen atoms in total. The van der Waals surface area contributed by atoms with Crippen LogP contribution in [0, 0.1) is 0 Å². The Labute approximate surface area is 140 Å². The Morgan fingerprint density at radius 1 is 1.24 bits per heavy atom. The molecule has 1 atom stereocenters. The molecule has 0 saturated heterocycles. The summed E-state index contributed by atoms with van der Waals surface area (Å²) in [5.74, 6) is 0.344. The molecule has 134 valence electrons. The number of amides is 1. The predicted octanol–water partition coefficient (Wildman–Crippen LogP) is 2.23. The molecular weight excluding hydrogens is 341 g/mol. The van der Waals surface area contributed by atoms with Crippen molar-refractivity contribution in [2.45, 2.75) is 25.7 Å². The summed E-state index contributed by atoms with van der Waals surface area (Å²) in [6.45, 7) is 0.425. The number of carbonyl (C=O) groups is 1. The van der Waals surface area contributed by atoms with Crippen LogP contribution in [0.1, 0.15) is 24.5 Å². The number of anilines is 1. The largest absolute Gasteiger partial charge is 0.438 e. The molecule has 2 N–H and O–H groups in total. The van der Waals surface area contributed by atoms with E-state index in [1.54, 1.807) is 13.0 Å². The third-order valence-electron chi connectivity index (χ3n) is 2.84. The minimum absolute atomic E-state index is 0.00769. The van der Waals surface area contributed by atoms with E-state index in [0.29, 0.717) is 11.5 Å². The third-order valence-corrected chi connectivity index (χ3v) is 2.84. The van der Waals surface area contributed by atoms with Gasteiger partial charge in [0.1, 0.15) is 12.4 Å². The Hall–Kier alpha value is -2.98. The zero-order valence-corrected chi connectivity index (χ0v) is 13.1. The monoisotopic (exact) mass is 356 g/mol. The van der Waals surface area contributed by atoms with Gasteiger partial charge in [-0.25, -0.2) is 14.8 Å². The van der Waals surface area contributed by atoms with Crippen molar-refractivity contribution in [3.63, 3.8) is 0 Å². The molecule has 11 heteroatoms. The summed E-state index contributed by atoms with van der Waals surface area (Å²) in [5, 5.41) is 11.9. The van der Waals surface area contributed by atoms with Gasteiger partial charge in [-0.15, -0.1) is 5.10 Å². The van der Waals surface area contributed by atoms with Crippen LogP contribution >= 0.6 is 0 Å². The van der Waals surface area contributed by atoms with Crippen molar-refractivity contribution < 1.29 is 22.7 Å². The Bertz CT molecular complexity index is 681. The number of hydrogen-bond acceptors (Lipinski definition) is 7. The van der Waals surface area contributed by atoms with Gasteiger partial charge in [-0.3, -0.25) is 0 Å². The number of hydrogen-bond donors (Lipinski definition) is 2. The zero-order valence-electron chi connectivity index (χ0n) is 13.1. The molecule has 2 aromatic heterocycles. The number of nitrogens with one attached hydrogen (secondary N) is 2. The van der Waals surface area contributed by atoms with E-state index in [0.717, 1.165) is 0 Å². The van der Waals surface area contributed by atoms with E-state index in [4.69, 9.17) is 4.74 Å². The van der Waals surface area contributed by atoms with Gasteiger partial charge in [0.25, 0.3) is 0 Å². The summed E-state index contributed by atoms with van der Waals surface area (Å²) in [6, 6.07) is 4.42. The Morgan fingerprint density at radius 2 is 1.96 bits per heavy atom. The topological polar surface area (TPSA) is 102 Å². The Morgan fingerprint density at radius 3 is 2.56 bits per heavy atom. The lowest BCUT2D eigenvalue weighted by molar-refractivity contribution is -0.115. The van der Waals surface area contributed by atoms with Gasteiger partial charge in [0, 0.05) is 12.4 Å². The van der Waals surface area contributed by atoms with Crippen LogP contribution in [0.3, 0.4) is 0 Å². The fourth-order valence-electron chi connectivity index (χ4n) is 1.68. The van der Waals surface area contributed by atoms with Crippen LogP contribution in [-0.2, 0) is 11.3 Å². The summed E-state index contributed by atoms with van der Waals surface area (Å²) in [5.41, 5.74) is 0.359. The summed E-state index contributed by atoms with van der Waals surface area (Å²) < 4.78 is 41.3. The minimum Gasteiger partial charge on any atom is -0.438 e. The molecule has 2 rings (SSSR count). The van der Waals surface area contributed by atoms with Crippen LogP contribution in [0.2, 0.25) is 0 Å². The van der Waals surface area contributed by atoms with E-state index in [1.165, 1.54) is 24.5 Å². The quantitative estimate of drug-likeness (QED) is 0.818. The van der Waals surface area contributed by atoms with Crippen molar-refractivity contribution in [1.29, 1.82) is 0 Å². The smallest absolute Gasteiger partial charge is 0.408 e. The molecule has 25 heavy (non-hydrogen) atoms. The van der Waals surface area contributed by atoms with Gasteiger partial charge < -0.3 is 15.4 Å². The second-order valence-corrected chi connectivity index (χ2v) is 4.89. The second-order valence-electron chi connectivity index (χ2n) is 4.89. The first-order chi connectivity index (χ1) is 11.8. The summed E-state index contributed by atoms with van der Waals surface area (Å²) >= 11 is 0. The molecule has 0 bridgehead atoms. The first-order valence-corrected chi connectivity index (χ1v) is 7.18. The normalized spacial score (nSPS) is 12.3. The number of carbonyl (C=O) groups excluding carboxylic acids is 1. The molecule has 0 aliphatic carbocycles. The van der Waals surface area contributed by atoms with Crippen LogP contribution in [0.25, 0.3) is 0 Å². The third kappa shape index (κ3) is 6.57. The number of aromatic nitrogens is 4. The zero-order chi connectivity index (χ0) is 18.3. The number of alkyl halides is 3. The van der Waals surface area contributed by atoms with Crippen LogP contribution in [0.15, 0.2) is 30.6 Å². The van der Waals surface area contributed by atoms with Gasteiger partial charge in [0.05, 0.1) is 12.2 Å². The lowest BCUT2D eigenvalue weighted by atomic mass is 10.3. The first kappa shape index (κ1) is 18.4. The highest BCUT2D eigenvalue weighted by Crippen LogP contribution is 2.15. The first-order valence-electron chi connectivity index (χ1n) is 7.18. The van der Waals surface area contributed by atoms with E-state index in [9.17, 15) is 18.0 Å². The van der Waals surface area contributed by atoms with Gasteiger partial charge in [-0.05, 0) is 25.1 Å². The molecule has 1 amide bonds. The lowest BCUT2D eigenvalue weighted by Crippen LogP contribution is -2.26. The fraction of sp³-hybridized carbons (Fsp3) is 0.357. The maximum atomic E-state index is 12.1. The molecule has 0 radical (unpaired) electrons. The molecule has 0 aliphatic rings. The summed E-state index contributed by atoms with van der Waals surface area (Å²) in [6.07, 6.45) is -2.62. The molecule has 0 saturated carbocycles. The number of ether oxygens (including phenoxy) is 1. The van der Waals surface area contributed by atoms with E-state index in [1.807, 2.05) is 0 Å². The van der Waals surface area contributed by atoms with Crippen molar-refractivity contribution in [3.8, 4) is 0 Å². The minimum atomic E-state index is -4.34. The Kier molecular flexibility index (Phi) is 6.03. The predicted molar refractivity (Wildman–Crippen MR) is 80.3 cm³/mol. The van der Waals surface area contributed by atoms with Crippen molar-refractivity contribution >= 4 is 11.9 Å². The van der Waals surface area contributed by atoms with Crippen molar-refractivity contribution in [2.75, 3.05) is 11.9 Å². The molecule has 1 unspecified atom stereocenters. The number of nitrogens with zero attached hydrogens (tertiary/aromatic N) is 4. The van der Waals surface area contributed by atoms with Crippen LogP contribution in [0.5, 0.6) is 0 Å². The molecule has 0 aromatic carbocycles. The molecule has 2 heterocycles. The van der Waals surface area contributed by atoms with Crippen molar-refractivity contribution in [2.24, 2.45) is 0 Å². The van der Waals surface area contributed by atoms with Gasteiger partial charge >= 0.3 is 12.3 Å². The molecule has 0 aliphatic heterocycles. The van der Waals surface area contributed by atoms with Gasteiger partial charge in [-0.2, -0.15) is 18.3 Å². The highest BCUT2D eigenvalue weighted by molar-refractivity contribution is 5.67. The fourth-order valence-corrected chi connectivity index (χ4v) is 1.68. The average molecular weight is 356 g/mol. The highest BCUT2D eigenvalue weighted by Gasteiger charge is 2.26. The molecule has 0 fully saturated rings. The molecule has 0 spiro atoms. The van der Waals surface area contributed by atoms with E-state index < -0.39 is 24.9 Å². The SMILES string of the molecule is CC(OC(=O)NCc1ccc(NCC(F)(F)F)nn1)c1ncccn1. The average Bonchev–Trinajstić information content (AvgIpc) is 2.59. The van der Waals surface area contributed by atoms with Crippen LogP contribution < -0.4 is 10.6 Å². The van der Waals surface area contributed by atoms with Crippen LogP contribution in [0.4, 0.5) is 23.8 Å². The number of halogens is 3. The number of rotatable bonds is 6. The van der Waals surface area contributed by atoms with Crippen molar-refractivity contribution in [3.05, 3.63) is 42.1 Å². The highest BCUT2D eigenvalue weighted by atomic mass is 19.4. The number of alkyl carbamates (subject to hydrolysis) is 1. The Balaban J connectivity index is 1.78.